The lowest BCUT2D eigenvalue weighted by Crippen LogP contribution is -2.51. The Morgan fingerprint density at radius 3 is 2.83 bits per heavy atom. The summed E-state index contributed by atoms with van der Waals surface area (Å²) < 4.78 is 11.0. The Hall–Kier alpha value is -2.28. The van der Waals surface area contributed by atoms with Gasteiger partial charge in [0.2, 0.25) is 0 Å². The van der Waals surface area contributed by atoms with Crippen LogP contribution in [0.5, 0.6) is 0 Å². The van der Waals surface area contributed by atoms with E-state index >= 15 is 0 Å². The van der Waals surface area contributed by atoms with Gasteiger partial charge in [0.15, 0.2) is 0 Å². The highest BCUT2D eigenvalue weighted by atomic mass is 16.6. The minimum atomic E-state index is -0.998. The monoisotopic (exact) mass is 320 g/mol. The number of alkyl carbamates (subject to hydrolysis) is 1. The normalized spacial score (nSPS) is 26.4. The maximum atomic E-state index is 12.0. The molecule has 2 fully saturated rings. The second kappa shape index (κ2) is 6.45. The zero-order valence-electron chi connectivity index (χ0n) is 12.7. The van der Waals surface area contributed by atoms with Crippen LogP contribution in [0.1, 0.15) is 18.4 Å². The molecule has 2 amide bonds. The van der Waals surface area contributed by atoms with Gasteiger partial charge in [-0.15, -0.1) is 0 Å². The van der Waals surface area contributed by atoms with Crippen molar-refractivity contribution in [2.75, 3.05) is 19.7 Å². The van der Waals surface area contributed by atoms with Crippen molar-refractivity contribution in [3.05, 3.63) is 35.9 Å². The molecule has 7 nitrogen and oxygen atoms in total. The van der Waals surface area contributed by atoms with Crippen molar-refractivity contribution < 1.29 is 24.2 Å². The number of rotatable bonds is 3. The topological polar surface area (TPSA) is 88.1 Å². The van der Waals surface area contributed by atoms with Gasteiger partial charge in [0.25, 0.3) is 0 Å². The standard InChI is InChI=1S/C16H20N2O5/c19-14(22-10-12-5-2-1-3-6-12)17-13-9-18(15(20)21)11-16(13)7-4-8-23-16/h1-3,5-6,13H,4,7-11H2,(H,17,19)(H,20,21)/t13-,16?/m0/s1. The van der Waals surface area contributed by atoms with Crippen molar-refractivity contribution in [2.24, 2.45) is 0 Å². The van der Waals surface area contributed by atoms with Crippen LogP contribution in [0, 0.1) is 0 Å². The van der Waals surface area contributed by atoms with Gasteiger partial charge in [-0.2, -0.15) is 0 Å². The van der Waals surface area contributed by atoms with Crippen LogP contribution in [0.4, 0.5) is 9.59 Å². The highest BCUT2D eigenvalue weighted by Crippen LogP contribution is 2.35. The molecular formula is C16H20N2O5. The SMILES string of the molecule is O=C(N[C@H]1CN(C(=O)O)CC12CCCO2)OCc1ccccc1. The van der Waals surface area contributed by atoms with Gasteiger partial charge in [-0.05, 0) is 18.4 Å². The Morgan fingerprint density at radius 1 is 1.39 bits per heavy atom. The maximum Gasteiger partial charge on any atom is 0.407 e. The Kier molecular flexibility index (Phi) is 4.38. The second-order valence-electron chi connectivity index (χ2n) is 5.94. The molecule has 1 spiro atoms. The fourth-order valence-electron chi connectivity index (χ4n) is 3.23. The van der Waals surface area contributed by atoms with Crippen molar-refractivity contribution in [1.29, 1.82) is 0 Å². The van der Waals surface area contributed by atoms with Gasteiger partial charge in [-0.3, -0.25) is 0 Å². The van der Waals surface area contributed by atoms with E-state index in [0.29, 0.717) is 6.61 Å². The van der Waals surface area contributed by atoms with Crippen LogP contribution in [0.2, 0.25) is 0 Å². The first kappa shape index (κ1) is 15.6. The molecule has 2 aliphatic heterocycles. The van der Waals surface area contributed by atoms with Crippen LogP contribution in [-0.2, 0) is 16.1 Å². The molecule has 2 aliphatic rings. The Labute approximate surface area is 134 Å². The zero-order chi connectivity index (χ0) is 16.3. The molecule has 0 saturated carbocycles. The van der Waals surface area contributed by atoms with Gasteiger partial charge in [0, 0.05) is 13.2 Å². The number of nitrogens with zero attached hydrogens (tertiary/aromatic N) is 1. The van der Waals surface area contributed by atoms with Crippen LogP contribution < -0.4 is 5.32 Å². The number of carbonyl (C=O) groups is 2. The van der Waals surface area contributed by atoms with E-state index in [-0.39, 0.29) is 25.7 Å². The third kappa shape index (κ3) is 3.39. The van der Waals surface area contributed by atoms with E-state index in [4.69, 9.17) is 9.47 Å². The van der Waals surface area contributed by atoms with Crippen molar-refractivity contribution in [3.8, 4) is 0 Å². The summed E-state index contributed by atoms with van der Waals surface area (Å²) in [4.78, 5) is 24.5. The molecule has 2 atom stereocenters. The number of amides is 2. The minimum absolute atomic E-state index is 0.176. The van der Waals surface area contributed by atoms with Crippen molar-refractivity contribution in [1.82, 2.24) is 10.2 Å². The summed E-state index contributed by atoms with van der Waals surface area (Å²) >= 11 is 0. The molecule has 3 rings (SSSR count). The molecule has 0 aromatic heterocycles. The molecule has 0 aliphatic carbocycles. The molecular weight excluding hydrogens is 300 g/mol. The lowest BCUT2D eigenvalue weighted by molar-refractivity contribution is -0.00516. The molecule has 2 saturated heterocycles. The Bertz CT molecular complexity index is 571. The van der Waals surface area contributed by atoms with Crippen LogP contribution in [0.25, 0.3) is 0 Å². The highest BCUT2D eigenvalue weighted by Gasteiger charge is 2.51. The third-order valence-electron chi connectivity index (χ3n) is 4.41. The summed E-state index contributed by atoms with van der Waals surface area (Å²) in [7, 11) is 0. The summed E-state index contributed by atoms with van der Waals surface area (Å²) in [5.74, 6) is 0. The maximum absolute atomic E-state index is 12.0. The molecule has 1 unspecified atom stereocenters. The minimum Gasteiger partial charge on any atom is -0.465 e. The molecule has 2 heterocycles. The first-order valence-electron chi connectivity index (χ1n) is 7.68. The molecule has 7 heteroatoms. The molecule has 124 valence electrons. The third-order valence-corrected chi connectivity index (χ3v) is 4.41. The van der Waals surface area contributed by atoms with Gasteiger partial charge in [-0.25, -0.2) is 9.59 Å². The average molecular weight is 320 g/mol. The van der Waals surface area contributed by atoms with Gasteiger partial charge in [0.05, 0.1) is 12.6 Å². The second-order valence-corrected chi connectivity index (χ2v) is 5.94. The predicted octanol–water partition coefficient (Wildman–Crippen LogP) is 1.82. The van der Waals surface area contributed by atoms with Gasteiger partial charge < -0.3 is 24.8 Å². The molecule has 0 radical (unpaired) electrons. The quantitative estimate of drug-likeness (QED) is 0.887. The van der Waals surface area contributed by atoms with E-state index in [9.17, 15) is 14.7 Å². The number of hydrogen-bond donors (Lipinski definition) is 2. The summed E-state index contributed by atoms with van der Waals surface area (Å²) in [6.45, 7) is 1.27. The summed E-state index contributed by atoms with van der Waals surface area (Å²) in [6, 6.07) is 9.00. The van der Waals surface area contributed by atoms with Crippen LogP contribution in [0.3, 0.4) is 0 Å². The number of hydrogen-bond acceptors (Lipinski definition) is 4. The van der Waals surface area contributed by atoms with Crippen LogP contribution in [0.15, 0.2) is 30.3 Å². The van der Waals surface area contributed by atoms with Crippen LogP contribution >= 0.6 is 0 Å². The van der Waals surface area contributed by atoms with E-state index in [1.807, 2.05) is 30.3 Å². The number of benzene rings is 1. The summed E-state index contributed by atoms with van der Waals surface area (Å²) in [5, 5.41) is 12.0. The number of nitrogens with one attached hydrogen (secondary N) is 1. The van der Waals surface area contributed by atoms with Crippen molar-refractivity contribution >= 4 is 12.2 Å². The first-order chi connectivity index (χ1) is 11.1. The van der Waals surface area contributed by atoms with E-state index in [1.165, 1.54) is 4.90 Å². The summed E-state index contributed by atoms with van der Waals surface area (Å²) in [5.41, 5.74) is 0.275. The highest BCUT2D eigenvalue weighted by molar-refractivity contribution is 5.69. The van der Waals surface area contributed by atoms with E-state index < -0.39 is 17.8 Å². The average Bonchev–Trinajstić information content (AvgIpc) is 3.15. The van der Waals surface area contributed by atoms with Gasteiger partial charge >= 0.3 is 12.2 Å². The number of carbonyl (C=O) groups excluding carboxylic acids is 1. The van der Waals surface area contributed by atoms with Crippen LogP contribution in [-0.4, -0.2) is 53.5 Å². The number of likely N-dealkylation sites (tertiary alicyclic amines) is 1. The molecule has 2 N–H and O–H groups in total. The molecule has 1 aromatic carbocycles. The molecule has 0 bridgehead atoms. The summed E-state index contributed by atoms with van der Waals surface area (Å²) in [6.07, 6.45) is 0.0493. The van der Waals surface area contributed by atoms with Gasteiger partial charge in [-0.1, -0.05) is 30.3 Å². The predicted molar refractivity (Wildman–Crippen MR) is 81.1 cm³/mol. The molecule has 23 heavy (non-hydrogen) atoms. The first-order valence-corrected chi connectivity index (χ1v) is 7.68. The fraction of sp³-hybridized carbons (Fsp3) is 0.500. The Balaban J connectivity index is 1.59. The Morgan fingerprint density at radius 2 is 2.17 bits per heavy atom. The van der Waals surface area contributed by atoms with E-state index in [1.54, 1.807) is 0 Å². The lowest BCUT2D eigenvalue weighted by atomic mass is 9.94. The molecule has 1 aromatic rings. The lowest BCUT2D eigenvalue weighted by Gasteiger charge is -2.29. The van der Waals surface area contributed by atoms with E-state index in [2.05, 4.69) is 5.32 Å². The van der Waals surface area contributed by atoms with Crippen molar-refractivity contribution in [2.45, 2.75) is 31.1 Å². The van der Waals surface area contributed by atoms with E-state index in [0.717, 1.165) is 18.4 Å². The zero-order valence-corrected chi connectivity index (χ0v) is 12.7. The van der Waals surface area contributed by atoms with Crippen molar-refractivity contribution in [3.63, 3.8) is 0 Å². The van der Waals surface area contributed by atoms with Gasteiger partial charge in [0.1, 0.15) is 12.2 Å². The largest absolute Gasteiger partial charge is 0.465 e. The smallest absolute Gasteiger partial charge is 0.407 e. The number of carboxylic acid groups (broad SMARTS) is 1. The number of ether oxygens (including phenoxy) is 2. The fourth-order valence-corrected chi connectivity index (χ4v) is 3.23.